The van der Waals surface area contributed by atoms with Crippen LogP contribution in [0.2, 0.25) is 0 Å². The molecular formula is C26H41N7O. The zero-order chi connectivity index (χ0) is 23.9. The normalized spacial score (nSPS) is 22.9. The molecule has 186 valence electrons. The monoisotopic (exact) mass is 467 g/mol. The number of aromatic nitrogens is 3. The standard InChI is InChI=1S/C26H41N7O/c1-4-5-19(2)29-26-28-17-23(25(31-26)30-21-7-9-22(34)10-8-21)24-11-6-20(16-27-24)18-33-14-12-32(3)13-15-33/h6,11,16-17,19,21-22,34H,4-5,7-10,12-15,18H2,1-3H3,(H2,28,29,30,31). The summed E-state index contributed by atoms with van der Waals surface area (Å²) in [5.41, 5.74) is 3.04. The van der Waals surface area contributed by atoms with E-state index in [2.05, 4.69) is 58.4 Å². The van der Waals surface area contributed by atoms with Gasteiger partial charge in [-0.2, -0.15) is 4.98 Å². The van der Waals surface area contributed by atoms with E-state index in [1.807, 2.05) is 12.4 Å². The first-order chi connectivity index (χ1) is 16.5. The topological polar surface area (TPSA) is 89.4 Å². The van der Waals surface area contributed by atoms with Crippen LogP contribution in [0.5, 0.6) is 0 Å². The molecule has 34 heavy (non-hydrogen) atoms. The maximum Gasteiger partial charge on any atom is 0.224 e. The fourth-order valence-corrected chi connectivity index (χ4v) is 4.83. The number of hydrogen-bond acceptors (Lipinski definition) is 8. The second-order valence-electron chi connectivity index (χ2n) is 10.1. The Morgan fingerprint density at radius 2 is 1.82 bits per heavy atom. The van der Waals surface area contributed by atoms with E-state index in [1.54, 1.807) is 0 Å². The molecule has 8 nitrogen and oxygen atoms in total. The lowest BCUT2D eigenvalue weighted by molar-refractivity contribution is 0.126. The molecule has 2 aromatic rings. The maximum atomic E-state index is 9.90. The van der Waals surface area contributed by atoms with Crippen LogP contribution in [-0.4, -0.2) is 81.3 Å². The predicted octanol–water partition coefficient (Wildman–Crippen LogP) is 3.60. The molecule has 2 aliphatic rings. The molecule has 1 unspecified atom stereocenters. The van der Waals surface area contributed by atoms with Crippen molar-refractivity contribution in [3.05, 3.63) is 30.1 Å². The molecular weight excluding hydrogens is 426 g/mol. The number of hydrogen-bond donors (Lipinski definition) is 3. The zero-order valence-electron chi connectivity index (χ0n) is 21.0. The number of likely N-dealkylation sites (N-methyl/N-ethyl adjacent to an activating group) is 1. The van der Waals surface area contributed by atoms with Gasteiger partial charge in [-0.3, -0.25) is 9.88 Å². The van der Waals surface area contributed by atoms with Crippen LogP contribution in [0.25, 0.3) is 11.3 Å². The minimum atomic E-state index is -0.176. The summed E-state index contributed by atoms with van der Waals surface area (Å²) in [7, 11) is 2.18. The molecule has 1 atom stereocenters. The molecule has 0 radical (unpaired) electrons. The molecule has 0 bridgehead atoms. The minimum absolute atomic E-state index is 0.176. The predicted molar refractivity (Wildman–Crippen MR) is 138 cm³/mol. The number of nitrogens with one attached hydrogen (secondary N) is 2. The Morgan fingerprint density at radius 3 is 2.50 bits per heavy atom. The second kappa shape index (κ2) is 11.9. The third-order valence-corrected chi connectivity index (χ3v) is 7.03. The molecule has 0 amide bonds. The minimum Gasteiger partial charge on any atom is -0.393 e. The number of aliphatic hydroxyl groups is 1. The molecule has 8 heteroatoms. The van der Waals surface area contributed by atoms with Crippen molar-refractivity contribution in [2.24, 2.45) is 0 Å². The smallest absolute Gasteiger partial charge is 0.224 e. The van der Waals surface area contributed by atoms with Crippen LogP contribution >= 0.6 is 0 Å². The van der Waals surface area contributed by atoms with Crippen LogP contribution in [0.15, 0.2) is 24.5 Å². The van der Waals surface area contributed by atoms with Crippen molar-refractivity contribution in [1.82, 2.24) is 24.8 Å². The van der Waals surface area contributed by atoms with E-state index in [9.17, 15) is 5.11 Å². The van der Waals surface area contributed by atoms with Crippen molar-refractivity contribution in [2.45, 2.75) is 77.1 Å². The summed E-state index contributed by atoms with van der Waals surface area (Å²) < 4.78 is 0. The van der Waals surface area contributed by atoms with Crippen molar-refractivity contribution in [1.29, 1.82) is 0 Å². The Kier molecular flexibility index (Phi) is 8.69. The molecule has 3 heterocycles. The fraction of sp³-hybridized carbons (Fsp3) is 0.654. The lowest BCUT2D eigenvalue weighted by Gasteiger charge is -2.32. The van der Waals surface area contributed by atoms with Gasteiger partial charge in [0.05, 0.1) is 17.4 Å². The van der Waals surface area contributed by atoms with E-state index in [-0.39, 0.29) is 6.10 Å². The average Bonchev–Trinajstić information content (AvgIpc) is 2.83. The zero-order valence-corrected chi connectivity index (χ0v) is 21.0. The lowest BCUT2D eigenvalue weighted by Crippen LogP contribution is -2.43. The number of pyridine rings is 1. The molecule has 1 aliphatic heterocycles. The van der Waals surface area contributed by atoms with Gasteiger partial charge in [0.25, 0.3) is 0 Å². The molecule has 1 saturated carbocycles. The van der Waals surface area contributed by atoms with Gasteiger partial charge >= 0.3 is 0 Å². The molecule has 3 N–H and O–H groups in total. The highest BCUT2D eigenvalue weighted by molar-refractivity contribution is 5.73. The molecule has 1 saturated heterocycles. The average molecular weight is 468 g/mol. The van der Waals surface area contributed by atoms with Gasteiger partial charge in [-0.15, -0.1) is 0 Å². The van der Waals surface area contributed by atoms with Gasteiger partial charge in [-0.1, -0.05) is 19.4 Å². The first-order valence-corrected chi connectivity index (χ1v) is 12.9. The molecule has 0 aromatic carbocycles. The largest absolute Gasteiger partial charge is 0.393 e. The van der Waals surface area contributed by atoms with Crippen LogP contribution in [0, 0.1) is 0 Å². The number of nitrogens with zero attached hydrogens (tertiary/aromatic N) is 5. The number of piperazine rings is 1. The number of rotatable bonds is 9. The summed E-state index contributed by atoms with van der Waals surface area (Å²) in [5, 5.41) is 17.0. The molecule has 2 fully saturated rings. The Hall–Kier alpha value is -2.29. The van der Waals surface area contributed by atoms with Crippen LogP contribution in [0.4, 0.5) is 11.8 Å². The van der Waals surface area contributed by atoms with Crippen LogP contribution in [-0.2, 0) is 6.54 Å². The Bertz CT molecular complexity index is 891. The third kappa shape index (κ3) is 6.87. The third-order valence-electron chi connectivity index (χ3n) is 7.03. The molecule has 0 spiro atoms. The van der Waals surface area contributed by atoms with Gasteiger partial charge in [0.1, 0.15) is 5.82 Å². The summed E-state index contributed by atoms with van der Waals surface area (Å²) in [5.74, 6) is 1.47. The van der Waals surface area contributed by atoms with Crippen LogP contribution < -0.4 is 10.6 Å². The lowest BCUT2D eigenvalue weighted by atomic mass is 9.93. The highest BCUT2D eigenvalue weighted by atomic mass is 16.3. The fourth-order valence-electron chi connectivity index (χ4n) is 4.83. The van der Waals surface area contributed by atoms with E-state index >= 15 is 0 Å². The SMILES string of the molecule is CCCC(C)Nc1ncc(-c2ccc(CN3CCN(C)CC3)cn2)c(NC2CCC(O)CC2)n1. The van der Waals surface area contributed by atoms with Gasteiger partial charge in [0, 0.05) is 57.2 Å². The van der Waals surface area contributed by atoms with Gasteiger partial charge in [0.15, 0.2) is 0 Å². The van der Waals surface area contributed by atoms with Gasteiger partial charge in [0.2, 0.25) is 5.95 Å². The second-order valence-corrected chi connectivity index (χ2v) is 10.1. The van der Waals surface area contributed by atoms with E-state index in [4.69, 9.17) is 9.97 Å². The van der Waals surface area contributed by atoms with E-state index < -0.39 is 0 Å². The summed E-state index contributed by atoms with van der Waals surface area (Å²) in [6.45, 7) is 9.72. The van der Waals surface area contributed by atoms with Crippen molar-refractivity contribution in [3.8, 4) is 11.3 Å². The summed E-state index contributed by atoms with van der Waals surface area (Å²) in [4.78, 5) is 19.1. The number of aliphatic hydroxyl groups excluding tert-OH is 1. The Balaban J connectivity index is 1.50. The van der Waals surface area contributed by atoms with Gasteiger partial charge in [-0.05, 0) is 57.7 Å². The van der Waals surface area contributed by atoms with Gasteiger partial charge in [-0.25, -0.2) is 4.98 Å². The first-order valence-electron chi connectivity index (χ1n) is 12.9. The van der Waals surface area contributed by atoms with Crippen LogP contribution in [0.1, 0.15) is 57.9 Å². The highest BCUT2D eigenvalue weighted by Gasteiger charge is 2.22. The molecule has 1 aliphatic carbocycles. The van der Waals surface area contributed by atoms with Gasteiger partial charge < -0.3 is 20.6 Å². The first kappa shape index (κ1) is 24.8. The van der Waals surface area contributed by atoms with Crippen molar-refractivity contribution in [2.75, 3.05) is 43.9 Å². The quantitative estimate of drug-likeness (QED) is 0.515. The molecule has 2 aromatic heterocycles. The summed E-state index contributed by atoms with van der Waals surface area (Å²) in [6, 6.07) is 4.89. The summed E-state index contributed by atoms with van der Waals surface area (Å²) in [6.07, 6.45) is 9.43. The number of anilines is 2. The van der Waals surface area contributed by atoms with Crippen molar-refractivity contribution < 1.29 is 5.11 Å². The van der Waals surface area contributed by atoms with Crippen molar-refractivity contribution in [3.63, 3.8) is 0 Å². The molecule has 4 rings (SSSR count). The summed E-state index contributed by atoms with van der Waals surface area (Å²) >= 11 is 0. The Morgan fingerprint density at radius 1 is 1.06 bits per heavy atom. The van der Waals surface area contributed by atoms with Crippen molar-refractivity contribution >= 4 is 11.8 Å². The van der Waals surface area contributed by atoms with E-state index in [0.29, 0.717) is 18.0 Å². The van der Waals surface area contributed by atoms with E-state index in [0.717, 1.165) is 88.3 Å². The van der Waals surface area contributed by atoms with Crippen LogP contribution in [0.3, 0.4) is 0 Å². The Labute approximate surface area is 204 Å². The van der Waals surface area contributed by atoms with E-state index in [1.165, 1.54) is 5.56 Å². The highest BCUT2D eigenvalue weighted by Crippen LogP contribution is 2.29. The maximum absolute atomic E-state index is 9.90.